The number of aromatic nitrogens is 4. The third kappa shape index (κ3) is 2.92. The number of sulfone groups is 1. The summed E-state index contributed by atoms with van der Waals surface area (Å²) < 4.78 is 24.3. The van der Waals surface area contributed by atoms with Gasteiger partial charge < -0.3 is 5.32 Å². The largest absolute Gasteiger partial charge is 0.348 e. The SMILES string of the molecule is O=C(N[C@H]1CCS(=O)(=O)C1)c1ccccc1-n1cnnn1. The number of rotatable bonds is 3. The van der Waals surface area contributed by atoms with Crippen molar-refractivity contribution in [2.75, 3.05) is 11.5 Å². The van der Waals surface area contributed by atoms with Gasteiger partial charge in [-0.3, -0.25) is 4.79 Å². The number of carbonyl (C=O) groups is 1. The van der Waals surface area contributed by atoms with E-state index in [-0.39, 0.29) is 23.5 Å². The minimum absolute atomic E-state index is 0.00815. The van der Waals surface area contributed by atoms with Crippen LogP contribution in [-0.2, 0) is 9.84 Å². The summed E-state index contributed by atoms with van der Waals surface area (Å²) in [6, 6.07) is 6.53. The minimum atomic E-state index is -3.03. The average molecular weight is 307 g/mol. The first-order valence-electron chi connectivity index (χ1n) is 6.39. The highest BCUT2D eigenvalue weighted by Crippen LogP contribution is 2.15. The Morgan fingerprint density at radius 3 is 2.81 bits per heavy atom. The van der Waals surface area contributed by atoms with Crippen molar-refractivity contribution in [1.29, 1.82) is 0 Å². The van der Waals surface area contributed by atoms with E-state index in [0.29, 0.717) is 17.7 Å². The van der Waals surface area contributed by atoms with Gasteiger partial charge in [-0.1, -0.05) is 12.1 Å². The Bertz CT molecular complexity index is 757. The van der Waals surface area contributed by atoms with Crippen molar-refractivity contribution in [3.05, 3.63) is 36.2 Å². The van der Waals surface area contributed by atoms with Gasteiger partial charge in [0.15, 0.2) is 9.84 Å². The van der Waals surface area contributed by atoms with Crippen molar-refractivity contribution in [2.24, 2.45) is 0 Å². The van der Waals surface area contributed by atoms with Gasteiger partial charge in [0.2, 0.25) is 0 Å². The number of benzene rings is 1. The maximum atomic E-state index is 12.3. The summed E-state index contributed by atoms with van der Waals surface area (Å²) in [7, 11) is -3.03. The van der Waals surface area contributed by atoms with Crippen LogP contribution in [0.25, 0.3) is 5.69 Å². The van der Waals surface area contributed by atoms with Crippen molar-refractivity contribution in [2.45, 2.75) is 12.5 Å². The van der Waals surface area contributed by atoms with Gasteiger partial charge in [0.25, 0.3) is 5.91 Å². The standard InChI is InChI=1S/C12H13N5O3S/c18-12(14-9-5-6-21(19,20)7-9)10-3-1-2-4-11(10)17-8-13-15-16-17/h1-4,8-9H,5-7H2,(H,14,18)/t9-/m0/s1. The van der Waals surface area contributed by atoms with E-state index in [1.54, 1.807) is 24.3 Å². The molecule has 0 spiro atoms. The Morgan fingerprint density at radius 1 is 1.33 bits per heavy atom. The van der Waals surface area contributed by atoms with Crippen LogP contribution >= 0.6 is 0 Å². The number of hydrogen-bond donors (Lipinski definition) is 1. The molecule has 8 nitrogen and oxygen atoms in total. The van der Waals surface area contributed by atoms with Gasteiger partial charge in [-0.2, -0.15) is 4.68 Å². The molecule has 110 valence electrons. The van der Waals surface area contributed by atoms with Gasteiger partial charge in [-0.25, -0.2) is 8.42 Å². The molecular formula is C12H13N5O3S. The molecule has 1 aliphatic heterocycles. The molecule has 1 fully saturated rings. The Morgan fingerprint density at radius 2 is 2.14 bits per heavy atom. The van der Waals surface area contributed by atoms with E-state index < -0.39 is 9.84 Å². The summed E-state index contributed by atoms with van der Waals surface area (Å²) in [5.41, 5.74) is 0.940. The Hall–Kier alpha value is -2.29. The molecule has 1 saturated heterocycles. The molecule has 9 heteroatoms. The van der Waals surface area contributed by atoms with Gasteiger partial charge in [0, 0.05) is 6.04 Å². The second kappa shape index (κ2) is 5.24. The molecule has 0 radical (unpaired) electrons. The van der Waals surface area contributed by atoms with Crippen LogP contribution in [-0.4, -0.2) is 52.1 Å². The second-order valence-corrected chi connectivity index (χ2v) is 7.07. The van der Waals surface area contributed by atoms with E-state index in [1.165, 1.54) is 11.0 Å². The van der Waals surface area contributed by atoms with E-state index in [9.17, 15) is 13.2 Å². The summed E-state index contributed by atoms with van der Waals surface area (Å²) in [5.74, 6) is -0.221. The third-order valence-electron chi connectivity index (χ3n) is 3.31. The molecule has 1 aromatic heterocycles. The van der Waals surface area contributed by atoms with E-state index in [1.807, 2.05) is 0 Å². The maximum absolute atomic E-state index is 12.3. The minimum Gasteiger partial charge on any atom is -0.348 e. The molecule has 21 heavy (non-hydrogen) atoms. The highest BCUT2D eigenvalue weighted by molar-refractivity contribution is 7.91. The summed E-state index contributed by atoms with van der Waals surface area (Å²) >= 11 is 0. The average Bonchev–Trinajstić information content (AvgIpc) is 3.08. The molecule has 2 heterocycles. The van der Waals surface area contributed by atoms with Crippen molar-refractivity contribution in [3.63, 3.8) is 0 Å². The monoisotopic (exact) mass is 307 g/mol. The summed E-state index contributed by atoms with van der Waals surface area (Å²) in [6.07, 6.45) is 1.84. The Balaban J connectivity index is 1.83. The molecule has 2 aromatic rings. The quantitative estimate of drug-likeness (QED) is 0.825. The van der Waals surface area contributed by atoms with Crippen molar-refractivity contribution in [3.8, 4) is 5.69 Å². The third-order valence-corrected chi connectivity index (χ3v) is 5.08. The number of para-hydroxylation sites is 1. The van der Waals surface area contributed by atoms with Crippen molar-refractivity contribution >= 4 is 15.7 Å². The second-order valence-electron chi connectivity index (χ2n) is 4.84. The van der Waals surface area contributed by atoms with Crippen LogP contribution in [0, 0.1) is 0 Å². The molecule has 3 rings (SSSR count). The zero-order chi connectivity index (χ0) is 14.9. The summed E-state index contributed by atoms with van der Waals surface area (Å²) in [6.45, 7) is 0. The zero-order valence-corrected chi connectivity index (χ0v) is 11.8. The van der Waals surface area contributed by atoms with Gasteiger partial charge >= 0.3 is 0 Å². The smallest absolute Gasteiger partial charge is 0.253 e. The number of tetrazole rings is 1. The van der Waals surface area contributed by atoms with Crippen molar-refractivity contribution in [1.82, 2.24) is 25.5 Å². The number of nitrogens with zero attached hydrogens (tertiary/aromatic N) is 4. The van der Waals surface area contributed by atoms with E-state index >= 15 is 0 Å². The van der Waals surface area contributed by atoms with Crippen molar-refractivity contribution < 1.29 is 13.2 Å². The van der Waals surface area contributed by atoms with Crippen LogP contribution in [0.2, 0.25) is 0 Å². The molecule has 1 aliphatic rings. The number of nitrogens with one attached hydrogen (secondary N) is 1. The molecule has 1 N–H and O–H groups in total. The lowest BCUT2D eigenvalue weighted by Crippen LogP contribution is -2.36. The zero-order valence-electron chi connectivity index (χ0n) is 11.0. The predicted molar refractivity (Wildman–Crippen MR) is 73.7 cm³/mol. The fourth-order valence-electron chi connectivity index (χ4n) is 2.31. The molecule has 0 saturated carbocycles. The molecule has 1 amide bonds. The van der Waals surface area contributed by atoms with Crippen LogP contribution in [0.4, 0.5) is 0 Å². The summed E-state index contributed by atoms with van der Waals surface area (Å²) in [5, 5.41) is 13.6. The Labute approximate surface area is 121 Å². The highest BCUT2D eigenvalue weighted by atomic mass is 32.2. The predicted octanol–water partition coefficient (Wildman–Crippen LogP) is -0.421. The van der Waals surface area contributed by atoms with Gasteiger partial charge in [-0.05, 0) is 29.0 Å². The molecule has 0 bridgehead atoms. The lowest BCUT2D eigenvalue weighted by Gasteiger charge is -2.13. The number of amides is 1. The van der Waals surface area contributed by atoms with Crippen LogP contribution in [0.3, 0.4) is 0 Å². The molecule has 0 aliphatic carbocycles. The summed E-state index contributed by atoms with van der Waals surface area (Å²) in [4.78, 5) is 12.3. The van der Waals surface area contributed by atoms with E-state index in [2.05, 4.69) is 20.8 Å². The van der Waals surface area contributed by atoms with Gasteiger partial charge in [0.05, 0.1) is 22.8 Å². The molecule has 1 aromatic carbocycles. The highest BCUT2D eigenvalue weighted by Gasteiger charge is 2.29. The molecular weight excluding hydrogens is 294 g/mol. The fourth-order valence-corrected chi connectivity index (χ4v) is 3.98. The Kier molecular flexibility index (Phi) is 3.42. The maximum Gasteiger partial charge on any atom is 0.253 e. The van der Waals surface area contributed by atoms with E-state index in [4.69, 9.17) is 0 Å². The lowest BCUT2D eigenvalue weighted by atomic mass is 10.1. The number of hydrogen-bond acceptors (Lipinski definition) is 6. The van der Waals surface area contributed by atoms with Crippen LogP contribution in [0.15, 0.2) is 30.6 Å². The van der Waals surface area contributed by atoms with E-state index in [0.717, 1.165) is 0 Å². The van der Waals surface area contributed by atoms with Gasteiger partial charge in [-0.15, -0.1) is 5.10 Å². The fraction of sp³-hybridized carbons (Fsp3) is 0.333. The lowest BCUT2D eigenvalue weighted by molar-refractivity contribution is 0.0941. The number of carbonyl (C=O) groups excluding carboxylic acids is 1. The van der Waals surface area contributed by atoms with Crippen LogP contribution in [0.5, 0.6) is 0 Å². The molecule has 0 unspecified atom stereocenters. The first kappa shape index (κ1) is 13.7. The first-order valence-corrected chi connectivity index (χ1v) is 8.21. The van der Waals surface area contributed by atoms with Crippen LogP contribution < -0.4 is 5.32 Å². The first-order chi connectivity index (χ1) is 10.1. The normalized spacial score (nSPS) is 20.3. The van der Waals surface area contributed by atoms with Gasteiger partial charge in [0.1, 0.15) is 6.33 Å². The van der Waals surface area contributed by atoms with Crippen LogP contribution in [0.1, 0.15) is 16.8 Å². The molecule has 1 atom stereocenters. The topological polar surface area (TPSA) is 107 Å².